The fourth-order valence-electron chi connectivity index (χ4n) is 3.71. The number of carbonyl (C=O) groups excluding carboxylic acids is 1. The van der Waals surface area contributed by atoms with Gasteiger partial charge in [0.25, 0.3) is 5.91 Å². The summed E-state index contributed by atoms with van der Waals surface area (Å²) >= 11 is 0. The minimum Gasteiger partial charge on any atom is -0.441 e. The van der Waals surface area contributed by atoms with Crippen molar-refractivity contribution in [3.05, 3.63) is 59.9 Å². The Hall–Kier alpha value is -3.55. The number of carbonyl (C=O) groups is 1. The molecular formula is C20H18N6O2. The van der Waals surface area contributed by atoms with Crippen LogP contribution in [0, 0.1) is 6.92 Å². The number of pyridine rings is 1. The molecule has 0 N–H and O–H groups in total. The molecule has 1 aliphatic heterocycles. The molecule has 1 amide bonds. The first-order valence-electron chi connectivity index (χ1n) is 9.12. The number of benzene rings is 1. The highest BCUT2D eigenvalue weighted by Gasteiger charge is 2.30. The van der Waals surface area contributed by atoms with Gasteiger partial charge in [0.2, 0.25) is 0 Å². The largest absolute Gasteiger partial charge is 0.441 e. The van der Waals surface area contributed by atoms with Crippen LogP contribution >= 0.6 is 0 Å². The predicted molar refractivity (Wildman–Crippen MR) is 101 cm³/mol. The van der Waals surface area contributed by atoms with Crippen LogP contribution in [0.3, 0.4) is 0 Å². The van der Waals surface area contributed by atoms with E-state index in [2.05, 4.69) is 31.7 Å². The van der Waals surface area contributed by atoms with Crippen molar-refractivity contribution in [1.29, 1.82) is 0 Å². The van der Waals surface area contributed by atoms with Crippen molar-refractivity contribution in [2.45, 2.75) is 26.4 Å². The first kappa shape index (κ1) is 16.6. The second-order valence-corrected chi connectivity index (χ2v) is 6.97. The van der Waals surface area contributed by atoms with Crippen LogP contribution in [-0.4, -0.2) is 42.1 Å². The van der Waals surface area contributed by atoms with E-state index in [1.54, 1.807) is 30.2 Å². The second-order valence-electron chi connectivity index (χ2n) is 6.97. The average Bonchev–Trinajstić information content (AvgIpc) is 3.30. The summed E-state index contributed by atoms with van der Waals surface area (Å²) in [6, 6.07) is 11.1. The van der Waals surface area contributed by atoms with Gasteiger partial charge in [0, 0.05) is 25.2 Å². The Balaban J connectivity index is 1.45. The molecule has 4 heterocycles. The first-order valence-corrected chi connectivity index (χ1v) is 9.12. The van der Waals surface area contributed by atoms with E-state index >= 15 is 0 Å². The monoisotopic (exact) mass is 374 g/mol. The van der Waals surface area contributed by atoms with Crippen LogP contribution in [0.2, 0.25) is 0 Å². The molecule has 1 atom stereocenters. The van der Waals surface area contributed by atoms with Crippen LogP contribution in [0.4, 0.5) is 0 Å². The quantitative estimate of drug-likeness (QED) is 0.536. The Morgan fingerprint density at radius 1 is 1.21 bits per heavy atom. The van der Waals surface area contributed by atoms with Gasteiger partial charge in [-0.3, -0.25) is 9.78 Å². The van der Waals surface area contributed by atoms with Crippen molar-refractivity contribution in [3.63, 3.8) is 0 Å². The maximum absolute atomic E-state index is 13.1. The molecule has 0 saturated carbocycles. The number of hydrogen-bond acceptors (Lipinski definition) is 6. The van der Waals surface area contributed by atoms with E-state index in [-0.39, 0.29) is 11.9 Å². The summed E-state index contributed by atoms with van der Waals surface area (Å²) in [7, 11) is 0. The van der Waals surface area contributed by atoms with Crippen molar-refractivity contribution in [2.24, 2.45) is 0 Å². The zero-order valence-electron chi connectivity index (χ0n) is 15.5. The molecule has 0 bridgehead atoms. The molecule has 0 aliphatic carbocycles. The normalized spacial score (nSPS) is 16.4. The van der Waals surface area contributed by atoms with E-state index in [0.29, 0.717) is 30.1 Å². The number of aryl methyl sites for hydroxylation is 1. The van der Waals surface area contributed by atoms with Crippen LogP contribution in [0.15, 0.2) is 47.0 Å². The lowest BCUT2D eigenvalue weighted by molar-refractivity contribution is 0.0682. The molecular weight excluding hydrogens is 356 g/mol. The number of hydrogen-bond donors (Lipinski definition) is 0. The van der Waals surface area contributed by atoms with Gasteiger partial charge >= 0.3 is 0 Å². The van der Waals surface area contributed by atoms with Crippen LogP contribution < -0.4 is 0 Å². The highest BCUT2D eigenvalue weighted by Crippen LogP contribution is 2.27. The second kappa shape index (κ2) is 6.26. The Labute approximate surface area is 160 Å². The lowest BCUT2D eigenvalue weighted by Crippen LogP contribution is -2.40. The van der Waals surface area contributed by atoms with Crippen molar-refractivity contribution >= 4 is 17.0 Å². The van der Waals surface area contributed by atoms with Gasteiger partial charge in [-0.05, 0) is 37.3 Å². The van der Waals surface area contributed by atoms with E-state index in [9.17, 15) is 4.79 Å². The summed E-state index contributed by atoms with van der Waals surface area (Å²) in [5.41, 5.74) is 2.72. The number of aromatic nitrogens is 5. The molecule has 0 spiro atoms. The molecule has 140 valence electrons. The number of rotatable bonds is 2. The summed E-state index contributed by atoms with van der Waals surface area (Å²) in [6.07, 6.45) is 1.74. The van der Waals surface area contributed by atoms with Gasteiger partial charge in [0.05, 0.1) is 12.6 Å². The molecule has 8 nitrogen and oxygen atoms in total. The minimum absolute atomic E-state index is 0.0379. The third-order valence-corrected chi connectivity index (χ3v) is 4.95. The number of fused-ring (bicyclic) bond motifs is 2. The molecule has 3 aromatic heterocycles. The predicted octanol–water partition coefficient (Wildman–Crippen LogP) is 3.01. The summed E-state index contributed by atoms with van der Waals surface area (Å²) in [5.74, 6) is 2.01. The zero-order valence-corrected chi connectivity index (χ0v) is 15.5. The fraction of sp³-hybridized carbons (Fsp3) is 0.250. The third kappa shape index (κ3) is 2.65. The Kier molecular flexibility index (Phi) is 3.71. The molecule has 5 rings (SSSR count). The Morgan fingerprint density at radius 3 is 2.93 bits per heavy atom. The van der Waals surface area contributed by atoms with Crippen molar-refractivity contribution in [1.82, 2.24) is 29.6 Å². The number of nitrogens with zero attached hydrogens (tertiary/aromatic N) is 6. The molecule has 0 unspecified atom stereocenters. The van der Waals surface area contributed by atoms with Gasteiger partial charge in [-0.1, -0.05) is 6.07 Å². The van der Waals surface area contributed by atoms with Crippen LogP contribution in [0.25, 0.3) is 22.6 Å². The SMILES string of the molecule is Cc1nc2ccc(C(=O)N3Cc4nnc(-c5ccccn5)n4[C@@H](C)C3)cc2o1. The Morgan fingerprint density at radius 2 is 2.11 bits per heavy atom. The maximum atomic E-state index is 13.1. The highest BCUT2D eigenvalue weighted by molar-refractivity contribution is 5.97. The molecule has 1 aliphatic rings. The molecule has 8 heteroatoms. The van der Waals surface area contributed by atoms with Crippen LogP contribution in [-0.2, 0) is 6.54 Å². The van der Waals surface area contributed by atoms with E-state index in [1.807, 2.05) is 24.3 Å². The average molecular weight is 374 g/mol. The maximum Gasteiger partial charge on any atom is 0.254 e. The van der Waals surface area contributed by atoms with Gasteiger partial charge in [0.15, 0.2) is 23.1 Å². The van der Waals surface area contributed by atoms with E-state index < -0.39 is 0 Å². The molecule has 0 radical (unpaired) electrons. The number of oxazole rings is 1. The van der Waals surface area contributed by atoms with Gasteiger partial charge in [0.1, 0.15) is 11.2 Å². The Bertz CT molecular complexity index is 1180. The molecule has 0 fully saturated rings. The minimum atomic E-state index is -0.0589. The van der Waals surface area contributed by atoms with Gasteiger partial charge < -0.3 is 13.9 Å². The molecule has 28 heavy (non-hydrogen) atoms. The summed E-state index contributed by atoms with van der Waals surface area (Å²) < 4.78 is 7.63. The smallest absolute Gasteiger partial charge is 0.254 e. The van der Waals surface area contributed by atoms with Crippen molar-refractivity contribution in [2.75, 3.05) is 6.54 Å². The lowest BCUT2D eigenvalue weighted by Gasteiger charge is -2.32. The van der Waals surface area contributed by atoms with Crippen LogP contribution in [0.1, 0.15) is 35.0 Å². The third-order valence-electron chi connectivity index (χ3n) is 4.95. The van der Waals surface area contributed by atoms with E-state index in [1.165, 1.54) is 0 Å². The van der Waals surface area contributed by atoms with Crippen molar-refractivity contribution < 1.29 is 9.21 Å². The zero-order chi connectivity index (χ0) is 19.3. The lowest BCUT2D eigenvalue weighted by atomic mass is 10.1. The van der Waals surface area contributed by atoms with Gasteiger partial charge in [-0.25, -0.2) is 4.98 Å². The van der Waals surface area contributed by atoms with Crippen LogP contribution in [0.5, 0.6) is 0 Å². The van der Waals surface area contributed by atoms with Gasteiger partial charge in [-0.2, -0.15) is 0 Å². The molecule has 4 aromatic rings. The van der Waals surface area contributed by atoms with Gasteiger partial charge in [-0.15, -0.1) is 10.2 Å². The van der Waals surface area contributed by atoms with Crippen molar-refractivity contribution in [3.8, 4) is 11.5 Å². The van der Waals surface area contributed by atoms with E-state index in [4.69, 9.17) is 4.42 Å². The summed E-state index contributed by atoms with van der Waals surface area (Å²) in [4.78, 5) is 23.5. The highest BCUT2D eigenvalue weighted by atomic mass is 16.3. The first-order chi connectivity index (χ1) is 13.6. The summed E-state index contributed by atoms with van der Waals surface area (Å²) in [6.45, 7) is 4.81. The number of amides is 1. The topological polar surface area (TPSA) is 89.9 Å². The summed E-state index contributed by atoms with van der Waals surface area (Å²) in [5, 5.41) is 8.63. The molecule has 0 saturated heterocycles. The van der Waals surface area contributed by atoms with E-state index in [0.717, 1.165) is 22.9 Å². The molecule has 1 aromatic carbocycles. The fourth-order valence-corrected chi connectivity index (χ4v) is 3.71. The standard InChI is InChI=1S/C20H18N6O2/c1-12-10-25(20(27)14-6-7-15-17(9-14)28-13(2)22-15)11-18-23-24-19(26(12)18)16-5-3-4-8-21-16/h3-9,12H,10-11H2,1-2H3/t12-/m0/s1.